The molecule has 0 radical (unpaired) electrons. The SMILES string of the molecule is CCc1ccc(Cn2ccc(NC(=O)c3c(Cl)cccc3Cl)n2)c(C(F)(F)F)c1. The molecule has 0 aliphatic heterocycles. The van der Waals surface area contributed by atoms with E-state index in [9.17, 15) is 18.0 Å². The highest BCUT2D eigenvalue weighted by atomic mass is 35.5. The molecule has 0 bridgehead atoms. The molecule has 0 fully saturated rings. The van der Waals surface area contributed by atoms with Gasteiger partial charge in [0, 0.05) is 12.3 Å². The van der Waals surface area contributed by atoms with E-state index >= 15 is 0 Å². The van der Waals surface area contributed by atoms with Crippen LogP contribution in [0.1, 0.15) is 34.0 Å². The monoisotopic (exact) mass is 441 g/mol. The molecule has 3 aromatic rings. The van der Waals surface area contributed by atoms with Crippen LogP contribution in [0.15, 0.2) is 48.7 Å². The molecule has 1 N–H and O–H groups in total. The van der Waals surface area contributed by atoms with Gasteiger partial charge in [-0.05, 0) is 35.7 Å². The number of anilines is 1. The molecule has 9 heteroatoms. The summed E-state index contributed by atoms with van der Waals surface area (Å²) in [6.07, 6.45) is -2.48. The summed E-state index contributed by atoms with van der Waals surface area (Å²) in [4.78, 5) is 12.4. The lowest BCUT2D eigenvalue weighted by Gasteiger charge is -2.14. The van der Waals surface area contributed by atoms with Crippen LogP contribution in [0.25, 0.3) is 0 Å². The summed E-state index contributed by atoms with van der Waals surface area (Å²) in [5.74, 6) is -0.390. The van der Waals surface area contributed by atoms with Gasteiger partial charge in [0.2, 0.25) is 0 Å². The van der Waals surface area contributed by atoms with Gasteiger partial charge in [0.25, 0.3) is 5.91 Å². The van der Waals surface area contributed by atoms with Gasteiger partial charge in [0.15, 0.2) is 5.82 Å². The van der Waals surface area contributed by atoms with Crippen LogP contribution in [0.5, 0.6) is 0 Å². The van der Waals surface area contributed by atoms with Crippen molar-refractivity contribution in [3.8, 4) is 0 Å². The molecule has 3 rings (SSSR count). The first kappa shape index (κ1) is 21.2. The zero-order chi connectivity index (χ0) is 21.2. The molecule has 29 heavy (non-hydrogen) atoms. The molecule has 0 aliphatic rings. The van der Waals surface area contributed by atoms with E-state index < -0.39 is 17.6 Å². The predicted octanol–water partition coefficient (Wildman–Crippen LogP) is 6.07. The molecule has 1 aromatic heterocycles. The van der Waals surface area contributed by atoms with Crippen molar-refractivity contribution in [2.45, 2.75) is 26.1 Å². The maximum absolute atomic E-state index is 13.4. The smallest absolute Gasteiger partial charge is 0.305 e. The Hall–Kier alpha value is -2.51. The van der Waals surface area contributed by atoms with E-state index in [1.807, 2.05) is 0 Å². The number of aryl methyl sites for hydroxylation is 1. The van der Waals surface area contributed by atoms with E-state index in [4.69, 9.17) is 23.2 Å². The maximum Gasteiger partial charge on any atom is 0.416 e. The molecule has 0 spiro atoms. The summed E-state index contributed by atoms with van der Waals surface area (Å²) in [6, 6.07) is 10.4. The molecule has 1 heterocycles. The van der Waals surface area contributed by atoms with Crippen LogP contribution in [0.4, 0.5) is 19.0 Å². The summed E-state index contributed by atoms with van der Waals surface area (Å²) in [5, 5.41) is 7.04. The summed E-state index contributed by atoms with van der Waals surface area (Å²) < 4.78 is 41.5. The third-order valence-corrected chi connectivity index (χ3v) is 4.92. The first-order chi connectivity index (χ1) is 13.7. The van der Waals surface area contributed by atoms with E-state index in [1.54, 1.807) is 19.1 Å². The van der Waals surface area contributed by atoms with Crippen molar-refractivity contribution in [2.24, 2.45) is 0 Å². The van der Waals surface area contributed by atoms with Crippen molar-refractivity contribution in [1.29, 1.82) is 0 Å². The Bertz CT molecular complexity index is 1030. The number of rotatable bonds is 5. The number of alkyl halides is 3. The normalized spacial score (nSPS) is 11.5. The number of halogens is 5. The van der Waals surface area contributed by atoms with E-state index in [2.05, 4.69) is 10.4 Å². The second-order valence-electron chi connectivity index (χ2n) is 6.29. The van der Waals surface area contributed by atoms with Gasteiger partial charge in [-0.2, -0.15) is 18.3 Å². The Morgan fingerprint density at radius 2 is 1.83 bits per heavy atom. The minimum absolute atomic E-state index is 0.0878. The molecule has 4 nitrogen and oxygen atoms in total. The predicted molar refractivity (Wildman–Crippen MR) is 107 cm³/mol. The highest BCUT2D eigenvalue weighted by molar-refractivity contribution is 6.40. The minimum Gasteiger partial charge on any atom is -0.305 e. The largest absolute Gasteiger partial charge is 0.416 e. The molecular weight excluding hydrogens is 426 g/mol. The van der Waals surface area contributed by atoms with E-state index in [0.29, 0.717) is 12.0 Å². The van der Waals surface area contributed by atoms with Crippen molar-refractivity contribution in [3.05, 3.63) is 81.0 Å². The lowest BCUT2D eigenvalue weighted by atomic mass is 10.0. The summed E-state index contributed by atoms with van der Waals surface area (Å²) in [5.41, 5.74) is 0.0941. The first-order valence-electron chi connectivity index (χ1n) is 8.67. The number of hydrogen-bond donors (Lipinski definition) is 1. The minimum atomic E-state index is -4.47. The number of hydrogen-bond acceptors (Lipinski definition) is 2. The average Bonchev–Trinajstić information content (AvgIpc) is 3.07. The van der Waals surface area contributed by atoms with Gasteiger partial charge in [0.05, 0.1) is 27.7 Å². The second kappa shape index (κ2) is 8.47. The van der Waals surface area contributed by atoms with Crippen LogP contribution < -0.4 is 5.32 Å². The topological polar surface area (TPSA) is 46.9 Å². The highest BCUT2D eigenvalue weighted by Gasteiger charge is 2.33. The number of nitrogens with one attached hydrogen (secondary N) is 1. The van der Waals surface area contributed by atoms with E-state index in [-0.39, 0.29) is 33.5 Å². The third kappa shape index (κ3) is 4.92. The molecule has 0 unspecified atom stereocenters. The molecule has 0 aliphatic carbocycles. The van der Waals surface area contributed by atoms with Crippen molar-refractivity contribution in [2.75, 3.05) is 5.32 Å². The van der Waals surface area contributed by atoms with Gasteiger partial charge in [-0.3, -0.25) is 9.48 Å². The molecule has 0 saturated carbocycles. The van der Waals surface area contributed by atoms with Gasteiger partial charge in [-0.15, -0.1) is 0 Å². The van der Waals surface area contributed by atoms with Crippen LogP contribution >= 0.6 is 23.2 Å². The van der Waals surface area contributed by atoms with Crippen molar-refractivity contribution in [1.82, 2.24) is 9.78 Å². The third-order valence-electron chi connectivity index (χ3n) is 4.29. The fourth-order valence-electron chi connectivity index (χ4n) is 2.83. The van der Waals surface area contributed by atoms with E-state index in [0.717, 1.165) is 6.07 Å². The maximum atomic E-state index is 13.4. The lowest BCUT2D eigenvalue weighted by Crippen LogP contribution is -2.15. The van der Waals surface area contributed by atoms with Crippen molar-refractivity contribution >= 4 is 34.9 Å². The molecular formula is C20H16Cl2F3N3O. The fourth-order valence-corrected chi connectivity index (χ4v) is 3.40. The quantitative estimate of drug-likeness (QED) is 0.521. The average molecular weight is 442 g/mol. The van der Waals surface area contributed by atoms with Gasteiger partial charge in [-0.1, -0.05) is 48.3 Å². The molecule has 1 amide bonds. The number of aromatic nitrogens is 2. The standard InChI is InChI=1S/C20H16Cl2F3N3O/c1-2-12-6-7-13(14(10-12)20(23,24)25)11-28-9-8-17(27-28)26-19(29)18-15(21)4-3-5-16(18)22/h3-10H,2,11H2,1H3,(H,26,27,29). The second-order valence-corrected chi connectivity index (χ2v) is 7.11. The fraction of sp³-hybridized carbons (Fsp3) is 0.200. The Balaban J connectivity index is 1.80. The lowest BCUT2D eigenvalue weighted by molar-refractivity contribution is -0.138. The van der Waals surface area contributed by atoms with Gasteiger partial charge in [0.1, 0.15) is 0 Å². The molecule has 2 aromatic carbocycles. The van der Waals surface area contributed by atoms with Crippen molar-refractivity contribution in [3.63, 3.8) is 0 Å². The summed E-state index contributed by atoms with van der Waals surface area (Å²) in [6.45, 7) is 1.70. The number of carbonyl (C=O) groups is 1. The Morgan fingerprint density at radius 3 is 2.45 bits per heavy atom. The summed E-state index contributed by atoms with van der Waals surface area (Å²) >= 11 is 12.0. The Labute approximate surface area is 175 Å². The van der Waals surface area contributed by atoms with Gasteiger partial charge in [-0.25, -0.2) is 0 Å². The Morgan fingerprint density at radius 1 is 1.14 bits per heavy atom. The summed E-state index contributed by atoms with van der Waals surface area (Å²) in [7, 11) is 0. The number of carbonyl (C=O) groups excluding carboxylic acids is 1. The van der Waals surface area contributed by atoms with Crippen LogP contribution in [-0.4, -0.2) is 15.7 Å². The number of amides is 1. The molecule has 0 atom stereocenters. The van der Waals surface area contributed by atoms with Crippen LogP contribution in [-0.2, 0) is 19.1 Å². The van der Waals surface area contributed by atoms with Gasteiger partial charge >= 0.3 is 6.18 Å². The number of nitrogens with zero attached hydrogens (tertiary/aromatic N) is 2. The van der Waals surface area contributed by atoms with E-state index in [1.165, 1.54) is 35.1 Å². The zero-order valence-electron chi connectivity index (χ0n) is 15.2. The molecule has 0 saturated heterocycles. The van der Waals surface area contributed by atoms with Crippen LogP contribution in [0, 0.1) is 0 Å². The highest BCUT2D eigenvalue weighted by Crippen LogP contribution is 2.33. The molecule has 152 valence electrons. The Kier molecular flexibility index (Phi) is 6.19. The van der Waals surface area contributed by atoms with Crippen molar-refractivity contribution < 1.29 is 18.0 Å². The van der Waals surface area contributed by atoms with Crippen LogP contribution in [0.2, 0.25) is 10.0 Å². The van der Waals surface area contributed by atoms with Crippen LogP contribution in [0.3, 0.4) is 0 Å². The van der Waals surface area contributed by atoms with Gasteiger partial charge < -0.3 is 5.32 Å². The zero-order valence-corrected chi connectivity index (χ0v) is 16.7. The first-order valence-corrected chi connectivity index (χ1v) is 9.42. The number of benzene rings is 2.